The number of nitrogens with one attached hydrogen (secondary N) is 3. The Balaban J connectivity index is 2.71. The maximum absolute atomic E-state index is 12.8. The van der Waals surface area contributed by atoms with E-state index in [1.54, 1.807) is 0 Å². The Bertz CT molecular complexity index is 594. The molecule has 0 radical (unpaired) electrons. The van der Waals surface area contributed by atoms with Crippen molar-refractivity contribution in [3.8, 4) is 0 Å². The van der Waals surface area contributed by atoms with Gasteiger partial charge in [0.15, 0.2) is 0 Å². The van der Waals surface area contributed by atoms with Gasteiger partial charge in [-0.3, -0.25) is 9.59 Å². The highest BCUT2D eigenvalue weighted by atomic mass is 19.4. The van der Waals surface area contributed by atoms with Gasteiger partial charge in [0.1, 0.15) is 11.2 Å². The summed E-state index contributed by atoms with van der Waals surface area (Å²) in [5.41, 5.74) is -1.90. The molecule has 0 spiro atoms. The lowest BCUT2D eigenvalue weighted by Crippen LogP contribution is -2.52. The molecule has 2 amide bonds. The number of amides is 2. The van der Waals surface area contributed by atoms with Gasteiger partial charge in [-0.1, -0.05) is 0 Å². The number of carbonyl (C=O) groups is 2. The Morgan fingerprint density at radius 2 is 1.79 bits per heavy atom. The van der Waals surface area contributed by atoms with Crippen LogP contribution in [0.3, 0.4) is 0 Å². The molecule has 11 heteroatoms. The van der Waals surface area contributed by atoms with Crippen LogP contribution in [0.25, 0.3) is 0 Å². The molecule has 0 aromatic rings. The second-order valence-corrected chi connectivity index (χ2v) is 5.30. The summed E-state index contributed by atoms with van der Waals surface area (Å²) in [6.45, 7) is 0.199. The topological polar surface area (TPSA) is 82.6 Å². The van der Waals surface area contributed by atoms with Crippen LogP contribution in [0.4, 0.5) is 22.0 Å². The van der Waals surface area contributed by atoms with Crippen molar-refractivity contribution in [2.24, 2.45) is 10.4 Å². The monoisotopic (exact) mass is 354 g/mol. The Labute approximate surface area is 133 Å². The van der Waals surface area contributed by atoms with Crippen molar-refractivity contribution in [2.75, 3.05) is 6.54 Å². The fraction of sp³-hybridized carbons (Fsp3) is 0.462. The number of nitrogens with zero attached hydrogens (tertiary/aromatic N) is 1. The van der Waals surface area contributed by atoms with Crippen molar-refractivity contribution in [1.82, 2.24) is 16.0 Å². The zero-order valence-corrected chi connectivity index (χ0v) is 12.7. The van der Waals surface area contributed by atoms with Crippen LogP contribution >= 0.6 is 0 Å². The number of hydrogen-bond donors (Lipinski definition) is 3. The molecule has 1 aliphatic rings. The van der Waals surface area contributed by atoms with E-state index in [4.69, 9.17) is 0 Å². The summed E-state index contributed by atoms with van der Waals surface area (Å²) in [7, 11) is 0. The summed E-state index contributed by atoms with van der Waals surface area (Å²) >= 11 is 0. The minimum atomic E-state index is -5.80. The number of rotatable bonds is 5. The van der Waals surface area contributed by atoms with E-state index in [0.717, 1.165) is 13.8 Å². The Hall–Kier alpha value is -2.46. The fourth-order valence-corrected chi connectivity index (χ4v) is 1.34. The minimum Gasteiger partial charge on any atom is -0.365 e. The summed E-state index contributed by atoms with van der Waals surface area (Å²) < 4.78 is 61.8. The van der Waals surface area contributed by atoms with Crippen LogP contribution in [0.15, 0.2) is 29.3 Å². The van der Waals surface area contributed by atoms with Crippen molar-refractivity contribution >= 4 is 18.0 Å². The fourth-order valence-electron chi connectivity index (χ4n) is 1.34. The number of aliphatic imine (C=N–C) groups is 1. The van der Waals surface area contributed by atoms with Crippen molar-refractivity contribution < 1.29 is 31.5 Å². The van der Waals surface area contributed by atoms with E-state index in [-0.39, 0.29) is 5.82 Å². The average Bonchev–Trinajstić information content (AvgIpc) is 2.72. The molecule has 1 aliphatic heterocycles. The molecular weight excluding hydrogens is 339 g/mol. The highest BCUT2D eigenvalue weighted by molar-refractivity contribution is 6.04. The maximum atomic E-state index is 12.8. The molecule has 3 N–H and O–H groups in total. The lowest BCUT2D eigenvalue weighted by atomic mass is 9.91. The van der Waals surface area contributed by atoms with Crippen molar-refractivity contribution in [3.63, 3.8) is 0 Å². The molecule has 0 aliphatic carbocycles. The van der Waals surface area contributed by atoms with E-state index in [1.165, 1.54) is 30.0 Å². The van der Waals surface area contributed by atoms with Crippen molar-refractivity contribution in [2.45, 2.75) is 25.9 Å². The molecular formula is C13H15F5N4O2. The summed E-state index contributed by atoms with van der Waals surface area (Å²) in [5, 5.41) is 6.34. The van der Waals surface area contributed by atoms with Crippen LogP contribution in [0.1, 0.15) is 13.8 Å². The first-order chi connectivity index (χ1) is 10.9. The molecule has 0 aromatic carbocycles. The van der Waals surface area contributed by atoms with Crippen LogP contribution in [0.5, 0.6) is 0 Å². The van der Waals surface area contributed by atoms with Crippen LogP contribution in [0, 0.1) is 5.41 Å². The van der Waals surface area contributed by atoms with Crippen molar-refractivity contribution in [1.29, 1.82) is 0 Å². The molecule has 1 heterocycles. The molecule has 0 atom stereocenters. The lowest BCUT2D eigenvalue weighted by Gasteiger charge is -2.25. The second kappa shape index (κ2) is 6.97. The Morgan fingerprint density at radius 3 is 2.38 bits per heavy atom. The predicted octanol–water partition coefficient (Wildman–Crippen LogP) is 1.43. The summed E-state index contributed by atoms with van der Waals surface area (Å²) in [6, 6.07) is 0. The highest BCUT2D eigenvalue weighted by Crippen LogP contribution is 2.34. The number of allylic oxidation sites excluding steroid dienone is 1. The van der Waals surface area contributed by atoms with E-state index in [1.807, 2.05) is 0 Å². The zero-order chi connectivity index (χ0) is 18.6. The SMILES string of the molecule is CC(C)(C(=O)NCC(F)(F)C(F)(F)F)C(=O)NC1=CNC=CC=N1. The molecule has 0 bridgehead atoms. The van der Waals surface area contributed by atoms with Gasteiger partial charge < -0.3 is 16.0 Å². The third-order valence-electron chi connectivity index (χ3n) is 2.97. The second-order valence-electron chi connectivity index (χ2n) is 5.30. The van der Waals surface area contributed by atoms with Gasteiger partial charge in [0.2, 0.25) is 11.8 Å². The van der Waals surface area contributed by atoms with E-state index < -0.39 is 35.9 Å². The molecule has 0 saturated carbocycles. The zero-order valence-electron chi connectivity index (χ0n) is 12.7. The molecule has 0 aromatic heterocycles. The van der Waals surface area contributed by atoms with Crippen LogP contribution in [0.2, 0.25) is 0 Å². The first-order valence-electron chi connectivity index (χ1n) is 6.57. The Morgan fingerprint density at radius 1 is 1.17 bits per heavy atom. The van der Waals surface area contributed by atoms with Crippen LogP contribution in [-0.4, -0.2) is 36.7 Å². The van der Waals surface area contributed by atoms with Crippen molar-refractivity contribution in [3.05, 3.63) is 24.3 Å². The van der Waals surface area contributed by atoms with Crippen LogP contribution < -0.4 is 16.0 Å². The van der Waals surface area contributed by atoms with E-state index >= 15 is 0 Å². The van der Waals surface area contributed by atoms with Gasteiger partial charge in [0, 0.05) is 18.6 Å². The largest absolute Gasteiger partial charge is 0.455 e. The van der Waals surface area contributed by atoms with Gasteiger partial charge in [0.05, 0.1) is 6.54 Å². The summed E-state index contributed by atoms with van der Waals surface area (Å²) in [5.74, 6) is -7.28. The lowest BCUT2D eigenvalue weighted by molar-refractivity contribution is -0.278. The minimum absolute atomic E-state index is 0.0338. The van der Waals surface area contributed by atoms with Gasteiger partial charge in [-0.2, -0.15) is 22.0 Å². The number of carbonyl (C=O) groups excluding carboxylic acids is 2. The van der Waals surface area contributed by atoms with Gasteiger partial charge in [-0.05, 0) is 19.9 Å². The van der Waals surface area contributed by atoms with Gasteiger partial charge in [-0.15, -0.1) is 0 Å². The quantitative estimate of drug-likeness (QED) is 0.516. The molecule has 134 valence electrons. The molecule has 1 rings (SSSR count). The smallest absolute Gasteiger partial charge is 0.365 e. The molecule has 24 heavy (non-hydrogen) atoms. The van der Waals surface area contributed by atoms with Gasteiger partial charge in [-0.25, -0.2) is 4.99 Å². The number of hydrogen-bond acceptors (Lipinski definition) is 4. The maximum Gasteiger partial charge on any atom is 0.455 e. The standard InChI is InChI=1S/C13H15F5N4O2/c1-11(2,9(23)21-7-12(14,15)13(16,17)18)10(24)22-8-6-19-4-3-5-20-8/h3-6,19H,7H2,1-2H3,(H,21,23)(H,22,24). The van der Waals surface area contributed by atoms with E-state index in [2.05, 4.69) is 15.6 Å². The third kappa shape index (κ3) is 4.77. The summed E-state index contributed by atoms with van der Waals surface area (Å²) in [6.07, 6.45) is -0.148. The number of halogens is 5. The van der Waals surface area contributed by atoms with E-state index in [0.29, 0.717) is 0 Å². The molecule has 0 unspecified atom stereocenters. The highest BCUT2D eigenvalue weighted by Gasteiger charge is 2.57. The first-order valence-corrected chi connectivity index (χ1v) is 6.57. The summed E-state index contributed by atoms with van der Waals surface area (Å²) in [4.78, 5) is 27.7. The molecule has 0 fully saturated rings. The van der Waals surface area contributed by atoms with Gasteiger partial charge >= 0.3 is 12.1 Å². The Kier molecular flexibility index (Phi) is 5.69. The first kappa shape index (κ1) is 19.6. The van der Waals surface area contributed by atoms with E-state index in [9.17, 15) is 31.5 Å². The average molecular weight is 354 g/mol. The third-order valence-corrected chi connectivity index (χ3v) is 2.97. The van der Waals surface area contributed by atoms with Crippen LogP contribution in [-0.2, 0) is 9.59 Å². The molecule has 0 saturated heterocycles. The normalized spacial score (nSPS) is 15.2. The molecule has 6 nitrogen and oxygen atoms in total. The predicted molar refractivity (Wildman–Crippen MR) is 74.8 cm³/mol. The number of alkyl halides is 5. The van der Waals surface area contributed by atoms with Gasteiger partial charge in [0.25, 0.3) is 0 Å².